The molecule has 0 aliphatic rings. The van der Waals surface area contributed by atoms with Crippen LogP contribution in [0.2, 0.25) is 0 Å². The fourth-order valence-electron chi connectivity index (χ4n) is 5.10. The van der Waals surface area contributed by atoms with Gasteiger partial charge in [0.05, 0.1) is 0 Å². The van der Waals surface area contributed by atoms with E-state index in [0.29, 0.717) is 0 Å². The van der Waals surface area contributed by atoms with Crippen LogP contribution < -0.4 is 0 Å². The van der Waals surface area contributed by atoms with Gasteiger partial charge in [-0.3, -0.25) is 0 Å². The summed E-state index contributed by atoms with van der Waals surface area (Å²) in [5, 5.41) is 7.89. The molecule has 0 unspecified atom stereocenters. The van der Waals surface area contributed by atoms with Crippen molar-refractivity contribution < 1.29 is 9.90 Å². The van der Waals surface area contributed by atoms with Crippen molar-refractivity contribution in [2.75, 3.05) is 0 Å². The first-order chi connectivity index (χ1) is 18.6. The van der Waals surface area contributed by atoms with Crippen LogP contribution in [-0.4, -0.2) is 11.1 Å². The molecule has 0 aromatic rings. The lowest BCUT2D eigenvalue weighted by molar-refractivity contribution is -0.132. The lowest BCUT2D eigenvalue weighted by Crippen LogP contribution is -1.92. The molecule has 0 radical (unpaired) electrons. The molecule has 0 aromatic carbocycles. The zero-order valence-electron chi connectivity index (χ0n) is 26.8. The minimum Gasteiger partial charge on any atom is -0.478 e. The molecule has 0 amide bonds. The highest BCUT2D eigenvalue weighted by molar-refractivity contribution is 5.84. The van der Waals surface area contributed by atoms with E-state index in [1.807, 2.05) is 0 Å². The summed E-state index contributed by atoms with van der Waals surface area (Å²) in [6, 6.07) is 0. The minimum absolute atomic E-state index is 0.176. The molecule has 0 heterocycles. The van der Waals surface area contributed by atoms with Gasteiger partial charge >= 0.3 is 5.97 Å². The highest BCUT2D eigenvalue weighted by atomic mass is 16.4. The molecule has 2 nitrogen and oxygen atoms in total. The van der Waals surface area contributed by atoms with Gasteiger partial charge in [-0.05, 0) is 6.92 Å². The molecular weight excluding hydrogens is 464 g/mol. The molecule has 0 saturated heterocycles. The molecule has 38 heavy (non-hydrogen) atoms. The highest BCUT2D eigenvalue weighted by Crippen LogP contribution is 2.16. The van der Waals surface area contributed by atoms with E-state index >= 15 is 0 Å². The fraction of sp³-hybridized carbons (Fsp3) is 0.917. The Balaban J connectivity index is 0. The lowest BCUT2D eigenvalue weighted by atomic mass is 10.0. The van der Waals surface area contributed by atoms with E-state index in [1.54, 1.807) is 0 Å². The van der Waals surface area contributed by atoms with E-state index in [-0.39, 0.29) is 5.57 Å². The average molecular weight is 537 g/mol. The SMILES string of the molecule is C=C(C)C(=O)O.CCCCCCCCCCCCCCCCCCCCCCCCCCCCCCCC. The van der Waals surface area contributed by atoms with Crippen LogP contribution in [0.5, 0.6) is 0 Å². The predicted octanol–water partition coefficient (Wildman–Crippen LogP) is 13.4. The minimum atomic E-state index is -0.935. The van der Waals surface area contributed by atoms with Gasteiger partial charge in [0.2, 0.25) is 0 Å². The molecule has 0 aliphatic carbocycles. The fourth-order valence-corrected chi connectivity index (χ4v) is 5.10. The van der Waals surface area contributed by atoms with Crippen LogP contribution in [0.15, 0.2) is 12.2 Å². The molecule has 0 bridgehead atoms. The van der Waals surface area contributed by atoms with Crippen molar-refractivity contribution in [1.82, 2.24) is 0 Å². The Kier molecular flexibility index (Phi) is 37.5. The number of hydrogen-bond donors (Lipinski definition) is 1. The van der Waals surface area contributed by atoms with Crippen LogP contribution >= 0.6 is 0 Å². The summed E-state index contributed by atoms with van der Waals surface area (Å²) in [6.45, 7) is 9.22. The van der Waals surface area contributed by atoms with Crippen LogP contribution in [0, 0.1) is 0 Å². The van der Waals surface area contributed by atoms with E-state index in [1.165, 1.54) is 200 Å². The second-order valence-electron chi connectivity index (χ2n) is 12.0. The maximum absolute atomic E-state index is 9.60. The predicted molar refractivity (Wildman–Crippen MR) is 172 cm³/mol. The number of carbonyl (C=O) groups is 1. The number of hydrogen-bond acceptors (Lipinski definition) is 1. The summed E-state index contributed by atoms with van der Waals surface area (Å²) in [5.41, 5.74) is 0.176. The van der Waals surface area contributed by atoms with Gasteiger partial charge in [0.15, 0.2) is 0 Å². The molecular formula is C36H72O2. The quantitative estimate of drug-likeness (QED) is 0.0732. The number of aliphatic carboxylic acids is 1. The first-order valence-electron chi connectivity index (χ1n) is 17.4. The molecule has 0 spiro atoms. The summed E-state index contributed by atoms with van der Waals surface area (Å²) < 4.78 is 0. The van der Waals surface area contributed by atoms with Gasteiger partial charge in [0, 0.05) is 5.57 Å². The van der Waals surface area contributed by atoms with Gasteiger partial charge in [-0.2, -0.15) is 0 Å². The van der Waals surface area contributed by atoms with Gasteiger partial charge in [-0.25, -0.2) is 4.79 Å². The van der Waals surface area contributed by atoms with Crippen molar-refractivity contribution in [3.63, 3.8) is 0 Å². The molecule has 0 aromatic heterocycles. The van der Waals surface area contributed by atoms with Gasteiger partial charge in [-0.15, -0.1) is 0 Å². The number of unbranched alkanes of at least 4 members (excludes halogenated alkanes) is 29. The highest BCUT2D eigenvalue weighted by Gasteiger charge is 1.96. The zero-order chi connectivity index (χ0) is 28.4. The third-order valence-electron chi connectivity index (χ3n) is 7.82. The second kappa shape index (κ2) is 36.2. The van der Waals surface area contributed by atoms with Gasteiger partial charge < -0.3 is 5.11 Å². The van der Waals surface area contributed by atoms with E-state index in [9.17, 15) is 4.79 Å². The number of carboxylic acid groups (broad SMARTS) is 1. The molecule has 0 saturated carbocycles. The van der Waals surface area contributed by atoms with E-state index in [0.717, 1.165) is 0 Å². The van der Waals surface area contributed by atoms with Crippen LogP contribution in [-0.2, 0) is 4.79 Å². The molecule has 0 rings (SSSR count). The summed E-state index contributed by atoms with van der Waals surface area (Å²) in [6.07, 6.45) is 44.4. The van der Waals surface area contributed by atoms with Crippen molar-refractivity contribution in [2.24, 2.45) is 0 Å². The Bertz CT molecular complexity index is 414. The van der Waals surface area contributed by atoms with Crippen LogP contribution in [0.3, 0.4) is 0 Å². The van der Waals surface area contributed by atoms with Crippen LogP contribution in [0.25, 0.3) is 0 Å². The maximum Gasteiger partial charge on any atom is 0.330 e. The zero-order valence-corrected chi connectivity index (χ0v) is 26.8. The summed E-state index contributed by atoms with van der Waals surface area (Å²) in [7, 11) is 0. The van der Waals surface area contributed by atoms with Crippen LogP contribution in [0.1, 0.15) is 213 Å². The molecule has 228 valence electrons. The Labute approximate surface area is 241 Å². The first kappa shape index (κ1) is 39.4. The molecule has 2 heteroatoms. The van der Waals surface area contributed by atoms with Crippen molar-refractivity contribution in [3.05, 3.63) is 12.2 Å². The van der Waals surface area contributed by atoms with Crippen molar-refractivity contribution in [2.45, 2.75) is 213 Å². The number of carboxylic acids is 1. The van der Waals surface area contributed by atoms with Crippen molar-refractivity contribution >= 4 is 5.97 Å². The number of rotatable bonds is 30. The Morgan fingerprint density at radius 2 is 0.500 bits per heavy atom. The van der Waals surface area contributed by atoms with Gasteiger partial charge in [0.1, 0.15) is 0 Å². The Hall–Kier alpha value is -0.790. The second-order valence-corrected chi connectivity index (χ2v) is 12.0. The normalized spacial score (nSPS) is 10.8. The van der Waals surface area contributed by atoms with E-state index < -0.39 is 5.97 Å². The van der Waals surface area contributed by atoms with Gasteiger partial charge in [0.25, 0.3) is 0 Å². The monoisotopic (exact) mass is 537 g/mol. The largest absolute Gasteiger partial charge is 0.478 e. The average Bonchev–Trinajstić information content (AvgIpc) is 2.90. The standard InChI is InChI=1S/C32H66.C4H6O2/c1-3-5-7-9-11-13-15-17-19-21-23-25-27-29-31-32-30-28-26-24-22-20-18-16-14-12-10-8-6-4-2;1-3(2)4(5)6/h3-32H2,1-2H3;1H2,2H3,(H,5,6). The molecule has 0 atom stereocenters. The third kappa shape index (κ3) is 39.7. The summed E-state index contributed by atoms with van der Waals surface area (Å²) >= 11 is 0. The van der Waals surface area contributed by atoms with Crippen molar-refractivity contribution in [1.29, 1.82) is 0 Å². The Morgan fingerprint density at radius 3 is 0.579 bits per heavy atom. The summed E-state index contributed by atoms with van der Waals surface area (Å²) in [4.78, 5) is 9.60. The van der Waals surface area contributed by atoms with Crippen LogP contribution in [0.4, 0.5) is 0 Å². The molecule has 0 fully saturated rings. The first-order valence-corrected chi connectivity index (χ1v) is 17.4. The topological polar surface area (TPSA) is 37.3 Å². The molecule has 0 aliphatic heterocycles. The molecule has 1 N–H and O–H groups in total. The van der Waals surface area contributed by atoms with Gasteiger partial charge in [-0.1, -0.05) is 213 Å². The maximum atomic E-state index is 9.60. The van der Waals surface area contributed by atoms with E-state index in [4.69, 9.17) is 5.11 Å². The van der Waals surface area contributed by atoms with E-state index in [2.05, 4.69) is 20.4 Å². The Morgan fingerprint density at radius 1 is 0.395 bits per heavy atom. The lowest BCUT2D eigenvalue weighted by Gasteiger charge is -2.04. The third-order valence-corrected chi connectivity index (χ3v) is 7.82. The van der Waals surface area contributed by atoms with Crippen molar-refractivity contribution in [3.8, 4) is 0 Å². The smallest absolute Gasteiger partial charge is 0.330 e. The summed E-state index contributed by atoms with van der Waals surface area (Å²) in [5.74, 6) is -0.935.